The Hall–Kier alpha value is -2.54. The third kappa shape index (κ3) is 3.32. The van der Waals surface area contributed by atoms with Gasteiger partial charge < -0.3 is 19.5 Å². The minimum Gasteiger partial charge on any atom is -0.482 e. The number of rotatable bonds is 3. The molecule has 7 nitrogen and oxygen atoms in total. The maximum absolute atomic E-state index is 12.6. The minimum atomic E-state index is -0.707. The minimum absolute atomic E-state index is 0.242. The first-order valence-electron chi connectivity index (χ1n) is 8.56. The highest BCUT2D eigenvalue weighted by molar-refractivity contribution is 5.94. The molecule has 7 heteroatoms. The van der Waals surface area contributed by atoms with Crippen LogP contribution in [-0.4, -0.2) is 41.1 Å². The summed E-state index contributed by atoms with van der Waals surface area (Å²) >= 11 is 0. The summed E-state index contributed by atoms with van der Waals surface area (Å²) in [5.41, 5.74) is 0.658. The lowest BCUT2D eigenvalue weighted by Crippen LogP contribution is -2.46. The third-order valence-electron chi connectivity index (χ3n) is 4.53. The van der Waals surface area contributed by atoms with Crippen LogP contribution < -0.4 is 14.8 Å². The predicted molar refractivity (Wildman–Crippen MR) is 90.9 cm³/mol. The van der Waals surface area contributed by atoms with Crippen LogP contribution in [0.3, 0.4) is 0 Å². The van der Waals surface area contributed by atoms with E-state index in [4.69, 9.17) is 14.2 Å². The lowest BCUT2D eigenvalue weighted by atomic mass is 10.1. The summed E-state index contributed by atoms with van der Waals surface area (Å²) in [4.78, 5) is 12.6. The lowest BCUT2D eigenvalue weighted by molar-refractivity contribution is -0.128. The first-order chi connectivity index (χ1) is 12.2. The molecule has 1 aromatic carbocycles. The number of benzene rings is 1. The van der Waals surface area contributed by atoms with Crippen LogP contribution in [0.5, 0.6) is 11.5 Å². The standard InChI is InChI=1S/C18H21N3O4/c1-12-17(25-16-5-3-2-4-15(16)24-12)18(22)20-13-10-19-21(11-13)14-6-8-23-9-7-14/h2-5,10-12,14,17H,6-9H2,1H3,(H,20,22)/t12-,17-/m1/s1. The first-order valence-corrected chi connectivity index (χ1v) is 8.56. The molecule has 1 amide bonds. The highest BCUT2D eigenvalue weighted by Gasteiger charge is 2.34. The SMILES string of the molecule is C[C@H]1Oc2ccccc2O[C@H]1C(=O)Nc1cnn(C2CCOCC2)c1. The number of ether oxygens (including phenoxy) is 3. The number of nitrogens with one attached hydrogen (secondary N) is 1. The van der Waals surface area contributed by atoms with E-state index in [1.54, 1.807) is 12.3 Å². The van der Waals surface area contributed by atoms with E-state index in [1.807, 2.05) is 36.0 Å². The van der Waals surface area contributed by atoms with Crippen molar-refractivity contribution in [3.8, 4) is 11.5 Å². The van der Waals surface area contributed by atoms with Gasteiger partial charge in [-0.25, -0.2) is 0 Å². The molecule has 0 bridgehead atoms. The van der Waals surface area contributed by atoms with E-state index in [1.165, 1.54) is 0 Å². The van der Waals surface area contributed by atoms with Crippen molar-refractivity contribution < 1.29 is 19.0 Å². The zero-order valence-electron chi connectivity index (χ0n) is 14.1. The van der Waals surface area contributed by atoms with Crippen molar-refractivity contribution in [2.24, 2.45) is 0 Å². The monoisotopic (exact) mass is 343 g/mol. The number of hydrogen-bond donors (Lipinski definition) is 1. The second-order valence-corrected chi connectivity index (χ2v) is 6.35. The van der Waals surface area contributed by atoms with Gasteiger partial charge in [-0.2, -0.15) is 5.10 Å². The smallest absolute Gasteiger partial charge is 0.269 e. The molecule has 1 fully saturated rings. The van der Waals surface area contributed by atoms with Crippen molar-refractivity contribution in [3.05, 3.63) is 36.7 Å². The van der Waals surface area contributed by atoms with Crippen LogP contribution >= 0.6 is 0 Å². The number of para-hydroxylation sites is 2. The molecule has 0 spiro atoms. The van der Waals surface area contributed by atoms with Gasteiger partial charge in [0.1, 0.15) is 6.10 Å². The molecule has 2 aliphatic heterocycles. The first kappa shape index (κ1) is 16.0. The van der Waals surface area contributed by atoms with Gasteiger partial charge in [0.15, 0.2) is 11.5 Å². The molecule has 0 unspecified atom stereocenters. The summed E-state index contributed by atoms with van der Waals surface area (Å²) in [7, 11) is 0. The van der Waals surface area contributed by atoms with Crippen LogP contribution in [0.25, 0.3) is 0 Å². The molecule has 25 heavy (non-hydrogen) atoms. The molecular formula is C18H21N3O4. The van der Waals surface area contributed by atoms with E-state index in [0.29, 0.717) is 23.2 Å². The average Bonchev–Trinajstić information content (AvgIpc) is 3.10. The second-order valence-electron chi connectivity index (χ2n) is 6.35. The van der Waals surface area contributed by atoms with E-state index >= 15 is 0 Å². The van der Waals surface area contributed by atoms with Crippen molar-refractivity contribution in [2.45, 2.75) is 38.0 Å². The van der Waals surface area contributed by atoms with Gasteiger partial charge in [-0.15, -0.1) is 0 Å². The fourth-order valence-corrected chi connectivity index (χ4v) is 3.17. The number of fused-ring (bicyclic) bond motifs is 1. The van der Waals surface area contributed by atoms with E-state index < -0.39 is 6.10 Å². The van der Waals surface area contributed by atoms with E-state index in [0.717, 1.165) is 26.1 Å². The Balaban J connectivity index is 1.43. The van der Waals surface area contributed by atoms with Gasteiger partial charge in [0.05, 0.1) is 17.9 Å². The van der Waals surface area contributed by atoms with E-state index in [2.05, 4.69) is 10.4 Å². The van der Waals surface area contributed by atoms with Gasteiger partial charge in [0, 0.05) is 19.4 Å². The lowest BCUT2D eigenvalue weighted by Gasteiger charge is -2.30. The highest BCUT2D eigenvalue weighted by Crippen LogP contribution is 2.33. The summed E-state index contributed by atoms with van der Waals surface area (Å²) in [6.07, 6.45) is 4.30. The molecule has 0 radical (unpaired) electrons. The van der Waals surface area contributed by atoms with Crippen molar-refractivity contribution in [1.29, 1.82) is 0 Å². The van der Waals surface area contributed by atoms with Crippen LogP contribution in [0.15, 0.2) is 36.7 Å². The molecule has 1 aromatic heterocycles. The molecule has 1 N–H and O–H groups in total. The summed E-state index contributed by atoms with van der Waals surface area (Å²) in [5, 5.41) is 7.24. The largest absolute Gasteiger partial charge is 0.482 e. The third-order valence-corrected chi connectivity index (χ3v) is 4.53. The van der Waals surface area contributed by atoms with Gasteiger partial charge in [0.25, 0.3) is 5.91 Å². The zero-order chi connectivity index (χ0) is 17.2. The quantitative estimate of drug-likeness (QED) is 0.926. The maximum Gasteiger partial charge on any atom is 0.269 e. The Labute approximate surface area is 145 Å². The van der Waals surface area contributed by atoms with Crippen LogP contribution in [0.1, 0.15) is 25.8 Å². The average molecular weight is 343 g/mol. The molecule has 132 valence electrons. The molecule has 2 aromatic rings. The zero-order valence-corrected chi connectivity index (χ0v) is 14.1. The molecule has 2 aliphatic rings. The number of nitrogens with zero attached hydrogens (tertiary/aromatic N) is 2. The molecule has 1 saturated heterocycles. The maximum atomic E-state index is 12.6. The van der Waals surface area contributed by atoms with Gasteiger partial charge in [-0.05, 0) is 31.9 Å². The van der Waals surface area contributed by atoms with Gasteiger partial charge >= 0.3 is 0 Å². The fourth-order valence-electron chi connectivity index (χ4n) is 3.17. The van der Waals surface area contributed by atoms with Gasteiger partial charge in [-0.1, -0.05) is 12.1 Å². The number of aromatic nitrogens is 2. The van der Waals surface area contributed by atoms with Crippen LogP contribution in [0.2, 0.25) is 0 Å². The summed E-state index contributed by atoms with van der Waals surface area (Å²) in [6.45, 7) is 3.32. The predicted octanol–water partition coefficient (Wildman–Crippen LogP) is 2.40. The van der Waals surface area contributed by atoms with Crippen LogP contribution in [-0.2, 0) is 9.53 Å². The number of hydrogen-bond acceptors (Lipinski definition) is 5. The molecule has 2 atom stereocenters. The van der Waals surface area contributed by atoms with E-state index in [9.17, 15) is 4.79 Å². The number of carbonyl (C=O) groups is 1. The second kappa shape index (κ2) is 6.76. The summed E-state index contributed by atoms with van der Waals surface area (Å²) in [5.74, 6) is 0.999. The van der Waals surface area contributed by atoms with Crippen molar-refractivity contribution in [2.75, 3.05) is 18.5 Å². The molecule has 4 rings (SSSR count). The molecule has 3 heterocycles. The van der Waals surface area contributed by atoms with Crippen molar-refractivity contribution >= 4 is 11.6 Å². The Bertz CT molecular complexity index is 754. The van der Waals surface area contributed by atoms with Gasteiger partial charge in [0.2, 0.25) is 6.10 Å². The van der Waals surface area contributed by atoms with Crippen molar-refractivity contribution in [3.63, 3.8) is 0 Å². The summed E-state index contributed by atoms with van der Waals surface area (Å²) < 4.78 is 18.9. The summed E-state index contributed by atoms with van der Waals surface area (Å²) in [6, 6.07) is 7.67. The fraction of sp³-hybridized carbons (Fsp3) is 0.444. The topological polar surface area (TPSA) is 74.6 Å². The van der Waals surface area contributed by atoms with Crippen LogP contribution in [0.4, 0.5) is 5.69 Å². The Kier molecular flexibility index (Phi) is 4.31. The van der Waals surface area contributed by atoms with Gasteiger partial charge in [-0.3, -0.25) is 9.48 Å². The Morgan fingerprint density at radius 3 is 2.68 bits per heavy atom. The number of anilines is 1. The van der Waals surface area contributed by atoms with E-state index in [-0.39, 0.29) is 12.0 Å². The molecule has 0 aliphatic carbocycles. The Morgan fingerprint density at radius 2 is 1.92 bits per heavy atom. The highest BCUT2D eigenvalue weighted by atomic mass is 16.6. The molecular weight excluding hydrogens is 322 g/mol. The number of carbonyl (C=O) groups excluding carboxylic acids is 1. The Morgan fingerprint density at radius 1 is 1.20 bits per heavy atom. The van der Waals surface area contributed by atoms with Crippen molar-refractivity contribution in [1.82, 2.24) is 9.78 Å². The van der Waals surface area contributed by atoms with Crippen LogP contribution in [0, 0.1) is 0 Å². The number of amides is 1. The molecule has 0 saturated carbocycles. The normalized spacial score (nSPS) is 23.2.